The van der Waals surface area contributed by atoms with Gasteiger partial charge in [0.05, 0.1) is 6.04 Å². The Hall–Kier alpha value is -1.46. The Labute approximate surface area is 130 Å². The molecule has 0 bridgehead atoms. The fourth-order valence-electron chi connectivity index (χ4n) is 2.93. The van der Waals surface area contributed by atoms with Crippen molar-refractivity contribution in [2.45, 2.75) is 31.7 Å². The summed E-state index contributed by atoms with van der Waals surface area (Å²) in [6, 6.07) is 6.13. The fraction of sp³-hybridized carbons (Fsp3) is 0.533. The van der Waals surface area contributed by atoms with Crippen LogP contribution in [0.2, 0.25) is 0 Å². The summed E-state index contributed by atoms with van der Waals surface area (Å²) >= 11 is 0. The maximum atomic E-state index is 12.2. The summed E-state index contributed by atoms with van der Waals surface area (Å²) in [7, 11) is 0. The SMILES string of the molecule is Cl.NCCCC(=O)N1CCCC1c1ccc2c(c1)OCO2. The minimum Gasteiger partial charge on any atom is -0.454 e. The number of carbonyl (C=O) groups is 1. The normalized spacial score (nSPS) is 19.5. The number of hydrogen-bond acceptors (Lipinski definition) is 4. The van der Waals surface area contributed by atoms with Gasteiger partial charge in [-0.2, -0.15) is 0 Å². The highest BCUT2D eigenvalue weighted by Gasteiger charge is 2.30. The quantitative estimate of drug-likeness (QED) is 0.926. The molecule has 1 unspecified atom stereocenters. The lowest BCUT2D eigenvalue weighted by Crippen LogP contribution is -2.30. The topological polar surface area (TPSA) is 64.8 Å². The van der Waals surface area contributed by atoms with Crippen LogP contribution in [0, 0.1) is 0 Å². The Kier molecular flexibility index (Phi) is 5.31. The number of nitrogens with zero attached hydrogens (tertiary/aromatic N) is 1. The number of fused-ring (bicyclic) bond motifs is 1. The summed E-state index contributed by atoms with van der Waals surface area (Å²) in [6.07, 6.45) is 3.35. The Morgan fingerprint density at radius 2 is 2.14 bits per heavy atom. The van der Waals surface area contributed by atoms with E-state index in [9.17, 15) is 4.79 Å². The first kappa shape index (κ1) is 15.9. The molecule has 1 fully saturated rings. The van der Waals surface area contributed by atoms with Gasteiger partial charge < -0.3 is 20.1 Å². The van der Waals surface area contributed by atoms with Crippen LogP contribution >= 0.6 is 12.4 Å². The van der Waals surface area contributed by atoms with Crippen LogP contribution < -0.4 is 15.2 Å². The third-order valence-electron chi connectivity index (χ3n) is 3.95. The maximum Gasteiger partial charge on any atom is 0.231 e. The monoisotopic (exact) mass is 312 g/mol. The van der Waals surface area contributed by atoms with E-state index in [-0.39, 0.29) is 31.1 Å². The first-order chi connectivity index (χ1) is 9.79. The zero-order chi connectivity index (χ0) is 13.9. The van der Waals surface area contributed by atoms with E-state index >= 15 is 0 Å². The average molecular weight is 313 g/mol. The predicted octanol–water partition coefficient (Wildman–Crippen LogP) is 2.24. The summed E-state index contributed by atoms with van der Waals surface area (Å²) < 4.78 is 10.7. The molecule has 3 rings (SSSR count). The lowest BCUT2D eigenvalue weighted by molar-refractivity contribution is -0.132. The van der Waals surface area contributed by atoms with Crippen molar-refractivity contribution in [1.82, 2.24) is 4.90 Å². The number of halogens is 1. The van der Waals surface area contributed by atoms with E-state index in [1.54, 1.807) is 0 Å². The van der Waals surface area contributed by atoms with Gasteiger partial charge in [0.15, 0.2) is 11.5 Å². The summed E-state index contributed by atoms with van der Waals surface area (Å²) in [5, 5.41) is 0. The molecule has 21 heavy (non-hydrogen) atoms. The smallest absolute Gasteiger partial charge is 0.231 e. The van der Waals surface area contributed by atoms with Gasteiger partial charge in [-0.3, -0.25) is 4.79 Å². The zero-order valence-electron chi connectivity index (χ0n) is 11.9. The minimum absolute atomic E-state index is 0. The first-order valence-corrected chi connectivity index (χ1v) is 7.18. The van der Waals surface area contributed by atoms with Crippen LogP contribution in [0.4, 0.5) is 0 Å². The highest BCUT2D eigenvalue weighted by atomic mass is 35.5. The Morgan fingerprint density at radius 1 is 1.33 bits per heavy atom. The third-order valence-corrected chi connectivity index (χ3v) is 3.95. The molecule has 0 aromatic heterocycles. The van der Waals surface area contributed by atoms with Gasteiger partial charge >= 0.3 is 0 Å². The molecule has 5 nitrogen and oxygen atoms in total. The summed E-state index contributed by atoms with van der Waals surface area (Å²) in [5.41, 5.74) is 6.61. The number of rotatable bonds is 4. The molecule has 2 aliphatic rings. The molecule has 0 saturated carbocycles. The van der Waals surface area contributed by atoms with E-state index < -0.39 is 0 Å². The summed E-state index contributed by atoms with van der Waals surface area (Å²) in [4.78, 5) is 14.2. The van der Waals surface area contributed by atoms with E-state index in [2.05, 4.69) is 0 Å². The van der Waals surface area contributed by atoms with Crippen LogP contribution in [0.15, 0.2) is 18.2 Å². The molecule has 2 heterocycles. The molecule has 0 aliphatic carbocycles. The Morgan fingerprint density at radius 3 is 2.95 bits per heavy atom. The molecule has 1 atom stereocenters. The minimum atomic E-state index is 0. The molecule has 1 amide bonds. The standard InChI is InChI=1S/C15H20N2O3.ClH/c16-7-1-4-15(18)17-8-2-3-12(17)11-5-6-13-14(9-11)20-10-19-13;/h5-6,9,12H,1-4,7-8,10,16H2;1H. The number of amides is 1. The lowest BCUT2D eigenvalue weighted by atomic mass is 10.0. The van der Waals surface area contributed by atoms with Crippen molar-refractivity contribution < 1.29 is 14.3 Å². The number of likely N-dealkylation sites (tertiary alicyclic amines) is 1. The second-order valence-electron chi connectivity index (χ2n) is 5.25. The van der Waals surface area contributed by atoms with Crippen molar-refractivity contribution in [3.05, 3.63) is 23.8 Å². The number of nitrogens with two attached hydrogens (primary N) is 1. The number of carbonyl (C=O) groups excluding carboxylic acids is 1. The second kappa shape index (κ2) is 7.00. The molecule has 2 N–H and O–H groups in total. The summed E-state index contributed by atoms with van der Waals surface area (Å²) in [6.45, 7) is 1.68. The van der Waals surface area contributed by atoms with E-state index in [1.165, 1.54) is 0 Å². The van der Waals surface area contributed by atoms with E-state index in [0.29, 0.717) is 13.0 Å². The number of ether oxygens (including phenoxy) is 2. The molecule has 0 spiro atoms. The third kappa shape index (κ3) is 3.24. The molecule has 116 valence electrons. The van der Waals surface area contributed by atoms with Gasteiger partial charge in [-0.1, -0.05) is 6.07 Å². The van der Waals surface area contributed by atoms with Crippen LogP contribution in [0.1, 0.15) is 37.3 Å². The highest BCUT2D eigenvalue weighted by Crippen LogP contribution is 2.39. The van der Waals surface area contributed by atoms with Crippen molar-refractivity contribution in [3.8, 4) is 11.5 Å². The maximum absolute atomic E-state index is 12.2. The van der Waals surface area contributed by atoms with Crippen LogP contribution in [-0.2, 0) is 4.79 Å². The predicted molar refractivity (Wildman–Crippen MR) is 81.8 cm³/mol. The Bertz CT molecular complexity index is 510. The largest absolute Gasteiger partial charge is 0.454 e. The zero-order valence-corrected chi connectivity index (χ0v) is 12.7. The molecule has 1 aromatic rings. The molecule has 1 aromatic carbocycles. The molecule has 2 aliphatic heterocycles. The fourth-order valence-corrected chi connectivity index (χ4v) is 2.93. The number of benzene rings is 1. The van der Waals surface area contributed by atoms with Crippen LogP contribution in [-0.4, -0.2) is 30.7 Å². The lowest BCUT2D eigenvalue weighted by Gasteiger charge is -2.25. The number of hydrogen-bond donors (Lipinski definition) is 1. The van der Waals surface area contributed by atoms with Gasteiger partial charge in [0.2, 0.25) is 12.7 Å². The Balaban J connectivity index is 0.00000161. The van der Waals surface area contributed by atoms with Crippen molar-refractivity contribution in [3.63, 3.8) is 0 Å². The van der Waals surface area contributed by atoms with Crippen LogP contribution in [0.3, 0.4) is 0 Å². The first-order valence-electron chi connectivity index (χ1n) is 7.18. The van der Waals surface area contributed by atoms with Crippen molar-refractivity contribution >= 4 is 18.3 Å². The molecule has 6 heteroatoms. The van der Waals surface area contributed by atoms with Crippen molar-refractivity contribution in [2.75, 3.05) is 19.9 Å². The van der Waals surface area contributed by atoms with Crippen molar-refractivity contribution in [1.29, 1.82) is 0 Å². The van der Waals surface area contributed by atoms with E-state index in [1.807, 2.05) is 23.1 Å². The van der Waals surface area contributed by atoms with E-state index in [0.717, 1.165) is 42.9 Å². The highest BCUT2D eigenvalue weighted by molar-refractivity contribution is 5.85. The van der Waals surface area contributed by atoms with Gasteiger partial charge in [0.1, 0.15) is 0 Å². The van der Waals surface area contributed by atoms with Gasteiger partial charge in [0.25, 0.3) is 0 Å². The van der Waals surface area contributed by atoms with Gasteiger partial charge in [-0.15, -0.1) is 12.4 Å². The molecular weight excluding hydrogens is 292 g/mol. The average Bonchev–Trinajstić information content (AvgIpc) is 3.11. The molecule has 1 saturated heterocycles. The van der Waals surface area contributed by atoms with Gasteiger partial charge in [-0.05, 0) is 43.5 Å². The van der Waals surface area contributed by atoms with Crippen molar-refractivity contribution in [2.24, 2.45) is 5.73 Å². The van der Waals surface area contributed by atoms with E-state index in [4.69, 9.17) is 15.2 Å². The van der Waals surface area contributed by atoms with Gasteiger partial charge in [-0.25, -0.2) is 0 Å². The second-order valence-corrected chi connectivity index (χ2v) is 5.25. The molecule has 0 radical (unpaired) electrons. The van der Waals surface area contributed by atoms with Crippen LogP contribution in [0.25, 0.3) is 0 Å². The molecular formula is C15H21ClN2O3. The van der Waals surface area contributed by atoms with Crippen LogP contribution in [0.5, 0.6) is 11.5 Å². The summed E-state index contributed by atoms with van der Waals surface area (Å²) in [5.74, 6) is 1.77. The van der Waals surface area contributed by atoms with Gasteiger partial charge in [0, 0.05) is 13.0 Å².